The van der Waals surface area contributed by atoms with Gasteiger partial charge in [-0.05, 0) is 59.5 Å². The number of imide groups is 1. The number of rotatable bonds is 5. The number of hydrogen-bond acceptors (Lipinski definition) is 5. The summed E-state index contributed by atoms with van der Waals surface area (Å²) in [6.45, 7) is 6.30. The molecule has 2 heterocycles. The standard InChI is InChI=1S/C31H26N4O4/c1-31(2,3)20-17-15-19(16-18-20)27(36)32-24-12-7-6-11-23(24)28(37)34-25-13-8-14-26(33-25)35-29(38)21-9-4-5-10-22(21)30(35)39/h4-18H,1-3H3,(H,32,36)(H,33,34,37). The van der Waals surface area contributed by atoms with Crippen molar-refractivity contribution in [1.82, 2.24) is 4.98 Å². The monoisotopic (exact) mass is 518 g/mol. The number of fused-ring (bicyclic) bond motifs is 1. The quantitative estimate of drug-likeness (QED) is 0.330. The van der Waals surface area contributed by atoms with Crippen LogP contribution in [0.25, 0.3) is 0 Å². The summed E-state index contributed by atoms with van der Waals surface area (Å²) in [6.07, 6.45) is 0. The highest BCUT2D eigenvalue weighted by molar-refractivity contribution is 6.34. The minimum absolute atomic E-state index is 0.0373. The van der Waals surface area contributed by atoms with Gasteiger partial charge in [-0.3, -0.25) is 19.2 Å². The highest BCUT2D eigenvalue weighted by Crippen LogP contribution is 2.28. The van der Waals surface area contributed by atoms with Crippen LogP contribution in [0, 0.1) is 0 Å². The molecule has 0 saturated heterocycles. The van der Waals surface area contributed by atoms with Crippen LogP contribution in [0.3, 0.4) is 0 Å². The Morgan fingerprint density at radius 2 is 1.31 bits per heavy atom. The van der Waals surface area contributed by atoms with E-state index in [9.17, 15) is 19.2 Å². The topological polar surface area (TPSA) is 108 Å². The summed E-state index contributed by atoms with van der Waals surface area (Å²) in [6, 6.07) is 25.2. The Morgan fingerprint density at radius 3 is 1.95 bits per heavy atom. The van der Waals surface area contributed by atoms with Gasteiger partial charge in [-0.1, -0.05) is 63.2 Å². The van der Waals surface area contributed by atoms with Crippen molar-refractivity contribution < 1.29 is 19.2 Å². The van der Waals surface area contributed by atoms with E-state index in [1.54, 1.807) is 72.8 Å². The smallest absolute Gasteiger partial charge is 0.267 e. The van der Waals surface area contributed by atoms with Crippen LogP contribution in [-0.2, 0) is 5.41 Å². The number of nitrogens with zero attached hydrogens (tertiary/aromatic N) is 2. The van der Waals surface area contributed by atoms with Crippen LogP contribution >= 0.6 is 0 Å². The SMILES string of the molecule is CC(C)(C)c1ccc(C(=O)Nc2ccccc2C(=O)Nc2cccc(N3C(=O)c4ccccc4C3=O)n2)cc1. The molecular formula is C31H26N4O4. The van der Waals surface area contributed by atoms with E-state index in [0.29, 0.717) is 22.4 Å². The molecule has 0 spiro atoms. The number of hydrogen-bond donors (Lipinski definition) is 2. The number of aromatic nitrogens is 1. The number of pyridine rings is 1. The molecule has 2 N–H and O–H groups in total. The first-order valence-corrected chi connectivity index (χ1v) is 12.4. The summed E-state index contributed by atoms with van der Waals surface area (Å²) in [5.74, 6) is -1.57. The van der Waals surface area contributed by atoms with Gasteiger partial charge in [-0.15, -0.1) is 0 Å². The Labute approximate surface area is 225 Å². The molecular weight excluding hydrogens is 492 g/mol. The summed E-state index contributed by atoms with van der Waals surface area (Å²) < 4.78 is 0. The molecule has 5 rings (SSSR count). The van der Waals surface area contributed by atoms with Crippen LogP contribution in [-0.4, -0.2) is 28.6 Å². The Balaban J connectivity index is 1.33. The third kappa shape index (κ3) is 5.04. The average molecular weight is 519 g/mol. The van der Waals surface area contributed by atoms with Crippen molar-refractivity contribution in [3.05, 3.63) is 119 Å². The van der Waals surface area contributed by atoms with Crippen LogP contribution < -0.4 is 15.5 Å². The fraction of sp³-hybridized carbons (Fsp3) is 0.129. The van der Waals surface area contributed by atoms with Crippen molar-refractivity contribution in [3.63, 3.8) is 0 Å². The molecule has 8 heteroatoms. The van der Waals surface area contributed by atoms with E-state index in [0.717, 1.165) is 10.5 Å². The molecule has 0 atom stereocenters. The molecule has 0 unspecified atom stereocenters. The van der Waals surface area contributed by atoms with Gasteiger partial charge in [0.15, 0.2) is 0 Å². The number of carbonyl (C=O) groups excluding carboxylic acids is 4. The van der Waals surface area contributed by atoms with E-state index in [1.165, 1.54) is 6.07 Å². The van der Waals surface area contributed by atoms with Crippen molar-refractivity contribution in [2.24, 2.45) is 0 Å². The highest BCUT2D eigenvalue weighted by Gasteiger charge is 2.37. The van der Waals surface area contributed by atoms with Crippen molar-refractivity contribution in [3.8, 4) is 0 Å². The second-order valence-electron chi connectivity index (χ2n) is 10.2. The van der Waals surface area contributed by atoms with Crippen molar-refractivity contribution in [2.45, 2.75) is 26.2 Å². The first-order chi connectivity index (χ1) is 18.6. The third-order valence-electron chi connectivity index (χ3n) is 6.43. The van der Waals surface area contributed by atoms with Gasteiger partial charge >= 0.3 is 0 Å². The number of anilines is 3. The first kappa shape index (κ1) is 25.5. The maximum Gasteiger partial charge on any atom is 0.267 e. The molecule has 39 heavy (non-hydrogen) atoms. The van der Waals surface area contributed by atoms with Crippen LogP contribution in [0.4, 0.5) is 17.3 Å². The van der Waals surface area contributed by atoms with Gasteiger partial charge in [0.25, 0.3) is 23.6 Å². The Hall–Kier alpha value is -5.11. The normalized spacial score (nSPS) is 12.7. The second-order valence-corrected chi connectivity index (χ2v) is 10.2. The molecule has 3 aromatic carbocycles. The lowest BCUT2D eigenvalue weighted by Crippen LogP contribution is -2.30. The molecule has 1 aromatic heterocycles. The number of carbonyl (C=O) groups is 4. The number of para-hydroxylation sites is 1. The van der Waals surface area contributed by atoms with E-state index in [4.69, 9.17) is 0 Å². The largest absolute Gasteiger partial charge is 0.321 e. The first-order valence-electron chi connectivity index (χ1n) is 12.4. The summed E-state index contributed by atoms with van der Waals surface area (Å²) in [5, 5.41) is 5.51. The van der Waals surface area contributed by atoms with Crippen LogP contribution in [0.1, 0.15) is 67.8 Å². The number of amides is 4. The molecule has 1 aliphatic rings. The van der Waals surface area contributed by atoms with E-state index < -0.39 is 17.7 Å². The van der Waals surface area contributed by atoms with Gasteiger partial charge in [-0.25, -0.2) is 9.88 Å². The third-order valence-corrected chi connectivity index (χ3v) is 6.43. The predicted molar refractivity (Wildman–Crippen MR) is 149 cm³/mol. The van der Waals surface area contributed by atoms with Gasteiger partial charge in [0, 0.05) is 5.56 Å². The number of nitrogens with one attached hydrogen (secondary N) is 2. The summed E-state index contributed by atoms with van der Waals surface area (Å²) in [5.41, 5.74) is 2.70. The van der Waals surface area contributed by atoms with Gasteiger partial charge < -0.3 is 10.6 Å². The summed E-state index contributed by atoms with van der Waals surface area (Å²) >= 11 is 0. The fourth-order valence-corrected chi connectivity index (χ4v) is 4.30. The van der Waals surface area contributed by atoms with Gasteiger partial charge in [0.2, 0.25) is 0 Å². The van der Waals surface area contributed by atoms with Crippen molar-refractivity contribution in [1.29, 1.82) is 0 Å². The number of benzene rings is 3. The Morgan fingerprint density at radius 1 is 0.692 bits per heavy atom. The van der Waals surface area contributed by atoms with E-state index in [2.05, 4.69) is 36.4 Å². The lowest BCUT2D eigenvalue weighted by Gasteiger charge is -2.19. The molecule has 1 aliphatic heterocycles. The minimum atomic E-state index is -0.513. The lowest BCUT2D eigenvalue weighted by atomic mass is 9.86. The van der Waals surface area contributed by atoms with E-state index >= 15 is 0 Å². The van der Waals surface area contributed by atoms with Gasteiger partial charge in [0.05, 0.1) is 22.4 Å². The fourth-order valence-electron chi connectivity index (χ4n) is 4.30. The van der Waals surface area contributed by atoms with Gasteiger partial charge in [0.1, 0.15) is 11.6 Å². The zero-order chi connectivity index (χ0) is 27.7. The molecule has 0 aliphatic carbocycles. The zero-order valence-corrected chi connectivity index (χ0v) is 21.7. The molecule has 4 aromatic rings. The molecule has 4 amide bonds. The molecule has 0 bridgehead atoms. The molecule has 8 nitrogen and oxygen atoms in total. The maximum absolute atomic E-state index is 13.2. The van der Waals surface area contributed by atoms with Crippen LogP contribution in [0.5, 0.6) is 0 Å². The predicted octanol–water partition coefficient (Wildman–Crippen LogP) is 5.68. The van der Waals surface area contributed by atoms with E-state index in [1.807, 2.05) is 12.1 Å². The lowest BCUT2D eigenvalue weighted by molar-refractivity contribution is 0.0923. The summed E-state index contributed by atoms with van der Waals surface area (Å²) in [4.78, 5) is 57.1. The van der Waals surface area contributed by atoms with Crippen molar-refractivity contribution in [2.75, 3.05) is 15.5 Å². The maximum atomic E-state index is 13.2. The van der Waals surface area contributed by atoms with Crippen LogP contribution in [0.15, 0.2) is 91.0 Å². The summed E-state index contributed by atoms with van der Waals surface area (Å²) in [7, 11) is 0. The Bertz CT molecular complexity index is 1590. The zero-order valence-electron chi connectivity index (χ0n) is 21.7. The molecule has 194 valence electrons. The van der Waals surface area contributed by atoms with Gasteiger partial charge in [-0.2, -0.15) is 0 Å². The second kappa shape index (κ2) is 9.98. The minimum Gasteiger partial charge on any atom is -0.321 e. The van der Waals surface area contributed by atoms with Crippen molar-refractivity contribution >= 4 is 41.0 Å². The Kier molecular flexibility index (Phi) is 6.54. The molecule has 0 saturated carbocycles. The average Bonchev–Trinajstić information content (AvgIpc) is 3.18. The molecule has 0 fully saturated rings. The molecule has 0 radical (unpaired) electrons. The van der Waals surface area contributed by atoms with Crippen LogP contribution in [0.2, 0.25) is 0 Å². The van der Waals surface area contributed by atoms with E-state index in [-0.39, 0.29) is 28.5 Å². The highest BCUT2D eigenvalue weighted by atomic mass is 16.2.